The normalized spacial score (nSPS) is 20.4. The third-order valence-electron chi connectivity index (χ3n) is 7.30. The van der Waals surface area contributed by atoms with E-state index >= 15 is 0 Å². The number of nitrogens with zero attached hydrogens (tertiary/aromatic N) is 7. The van der Waals surface area contributed by atoms with Gasteiger partial charge in [0.25, 0.3) is 0 Å². The molecule has 4 aromatic rings. The minimum atomic E-state index is 0.321. The van der Waals surface area contributed by atoms with Crippen LogP contribution in [-0.4, -0.2) is 79.9 Å². The number of fused-ring (bicyclic) bond motifs is 4. The molecule has 9 heteroatoms. The lowest BCUT2D eigenvalue weighted by molar-refractivity contribution is 0.210. The third-order valence-corrected chi connectivity index (χ3v) is 7.30. The number of likely N-dealkylation sites (tertiary alicyclic amines) is 1. The Morgan fingerprint density at radius 1 is 1.09 bits per heavy atom. The fourth-order valence-electron chi connectivity index (χ4n) is 5.25. The Labute approximate surface area is 205 Å². The van der Waals surface area contributed by atoms with Gasteiger partial charge in [-0.15, -0.1) is 0 Å². The highest BCUT2D eigenvalue weighted by molar-refractivity contribution is 5.93. The molecular weight excluding hydrogens is 440 g/mol. The molecule has 1 atom stereocenters. The lowest BCUT2D eigenvalue weighted by Gasteiger charge is -2.20. The summed E-state index contributed by atoms with van der Waals surface area (Å²) in [5, 5.41) is 18.4. The van der Waals surface area contributed by atoms with Crippen LogP contribution in [0.3, 0.4) is 0 Å². The second-order valence-electron chi connectivity index (χ2n) is 9.87. The second kappa shape index (κ2) is 8.66. The van der Waals surface area contributed by atoms with Crippen LogP contribution in [0.4, 0.5) is 0 Å². The lowest BCUT2D eigenvalue weighted by atomic mass is 10.0. The van der Waals surface area contributed by atoms with E-state index in [1.807, 2.05) is 17.9 Å². The first-order valence-electron chi connectivity index (χ1n) is 12.2. The van der Waals surface area contributed by atoms with Crippen molar-refractivity contribution in [3.63, 3.8) is 0 Å². The molecule has 6 rings (SSSR count). The van der Waals surface area contributed by atoms with Gasteiger partial charge >= 0.3 is 0 Å². The topological polar surface area (TPSA) is 80.0 Å². The Morgan fingerprint density at radius 3 is 2.80 bits per heavy atom. The van der Waals surface area contributed by atoms with Crippen molar-refractivity contribution in [1.29, 1.82) is 0 Å². The highest BCUT2D eigenvalue weighted by Crippen LogP contribution is 2.33. The van der Waals surface area contributed by atoms with Crippen molar-refractivity contribution in [1.82, 2.24) is 39.6 Å². The molecule has 3 aromatic heterocycles. The summed E-state index contributed by atoms with van der Waals surface area (Å²) in [5.41, 5.74) is 7.38. The van der Waals surface area contributed by atoms with Gasteiger partial charge in [-0.1, -0.05) is 6.07 Å². The average Bonchev–Trinajstić information content (AvgIpc) is 3.60. The molecule has 0 saturated carbocycles. The van der Waals surface area contributed by atoms with Gasteiger partial charge in [0.2, 0.25) is 5.88 Å². The number of ether oxygens (including phenoxy) is 1. The Bertz CT molecular complexity index is 1410. The largest absolute Gasteiger partial charge is 0.476 e. The van der Waals surface area contributed by atoms with E-state index in [4.69, 9.17) is 9.84 Å². The van der Waals surface area contributed by atoms with Crippen molar-refractivity contribution < 1.29 is 4.74 Å². The van der Waals surface area contributed by atoms with Gasteiger partial charge in [-0.05, 0) is 57.3 Å². The number of likely N-dealkylation sites (N-methyl/N-ethyl adjacent to an activating group) is 2. The van der Waals surface area contributed by atoms with Gasteiger partial charge in [0, 0.05) is 44.2 Å². The summed E-state index contributed by atoms with van der Waals surface area (Å²) in [5.74, 6) is 0.851. The SMILES string of the molecule is Cc1nn(C2CCN(C)C2)c2c1/C=C/c1n[nH]c3ccc(cc13)-c1cnn(C)c1CN(C)CCO2. The van der Waals surface area contributed by atoms with Crippen molar-refractivity contribution in [3.05, 3.63) is 47.0 Å². The predicted octanol–water partition coefficient (Wildman–Crippen LogP) is 3.34. The minimum absolute atomic E-state index is 0.321. The molecule has 1 aromatic carbocycles. The van der Waals surface area contributed by atoms with E-state index in [9.17, 15) is 0 Å². The molecule has 2 aliphatic rings. The summed E-state index contributed by atoms with van der Waals surface area (Å²) >= 11 is 0. The average molecular weight is 473 g/mol. The maximum Gasteiger partial charge on any atom is 0.219 e. The number of benzene rings is 1. The molecule has 35 heavy (non-hydrogen) atoms. The van der Waals surface area contributed by atoms with E-state index in [2.05, 4.69) is 81.1 Å². The number of hydrogen-bond donors (Lipinski definition) is 1. The number of aromatic nitrogens is 6. The van der Waals surface area contributed by atoms with Crippen LogP contribution >= 0.6 is 0 Å². The number of aromatic amines is 1. The van der Waals surface area contributed by atoms with Crippen molar-refractivity contribution in [2.24, 2.45) is 7.05 Å². The summed E-state index contributed by atoms with van der Waals surface area (Å²) in [4.78, 5) is 4.64. The minimum Gasteiger partial charge on any atom is -0.476 e. The molecule has 182 valence electrons. The Morgan fingerprint density at radius 2 is 1.97 bits per heavy atom. The van der Waals surface area contributed by atoms with Crippen molar-refractivity contribution in [3.8, 4) is 17.0 Å². The molecule has 2 aliphatic heterocycles. The molecule has 1 fully saturated rings. The Hall–Kier alpha value is -3.43. The van der Waals surface area contributed by atoms with Crippen LogP contribution in [0.5, 0.6) is 5.88 Å². The summed E-state index contributed by atoms with van der Waals surface area (Å²) in [7, 11) is 6.30. The molecule has 0 amide bonds. The maximum atomic E-state index is 6.47. The summed E-state index contributed by atoms with van der Waals surface area (Å²) in [6.45, 7) is 6.28. The molecule has 9 nitrogen and oxygen atoms in total. The Kier molecular flexibility index (Phi) is 5.46. The molecule has 0 spiro atoms. The lowest BCUT2D eigenvalue weighted by Crippen LogP contribution is -2.26. The quantitative estimate of drug-likeness (QED) is 0.458. The van der Waals surface area contributed by atoms with E-state index in [-0.39, 0.29) is 0 Å². The van der Waals surface area contributed by atoms with Crippen LogP contribution in [0.2, 0.25) is 0 Å². The molecule has 2 bridgehead atoms. The van der Waals surface area contributed by atoms with Crippen LogP contribution in [0.15, 0.2) is 24.4 Å². The highest BCUT2D eigenvalue weighted by Gasteiger charge is 2.27. The zero-order valence-corrected chi connectivity index (χ0v) is 20.8. The standard InChI is InChI=1S/C26H32N8O/c1-17-20-6-8-24-21-13-18(5-7-23(21)28-29-24)22-14-27-33(4)25(22)16-32(3)11-12-35-26(20)34(30-17)19-9-10-31(2)15-19/h5-8,13-14,19H,9-12,15-16H2,1-4H3,(H,28,29)/b8-6+. The smallest absolute Gasteiger partial charge is 0.219 e. The van der Waals surface area contributed by atoms with E-state index in [0.29, 0.717) is 12.6 Å². The molecule has 1 N–H and O–H groups in total. The summed E-state index contributed by atoms with van der Waals surface area (Å²) in [6, 6.07) is 6.77. The Balaban J connectivity index is 1.47. The van der Waals surface area contributed by atoms with Crippen molar-refractivity contribution >= 4 is 23.1 Å². The fraction of sp³-hybridized carbons (Fsp3) is 0.423. The first-order chi connectivity index (χ1) is 17.0. The van der Waals surface area contributed by atoms with Gasteiger partial charge in [-0.3, -0.25) is 14.7 Å². The number of nitrogens with one attached hydrogen (secondary N) is 1. The molecule has 1 saturated heterocycles. The molecular formula is C26H32N8O. The fourth-order valence-corrected chi connectivity index (χ4v) is 5.25. The van der Waals surface area contributed by atoms with E-state index in [0.717, 1.165) is 77.5 Å². The summed E-state index contributed by atoms with van der Waals surface area (Å²) < 4.78 is 10.6. The monoisotopic (exact) mass is 472 g/mol. The van der Waals surface area contributed by atoms with Crippen molar-refractivity contribution in [2.45, 2.75) is 25.9 Å². The van der Waals surface area contributed by atoms with Gasteiger partial charge in [0.15, 0.2) is 0 Å². The van der Waals surface area contributed by atoms with Crippen LogP contribution in [-0.2, 0) is 13.6 Å². The zero-order chi connectivity index (χ0) is 24.1. The van der Waals surface area contributed by atoms with Gasteiger partial charge < -0.3 is 9.64 Å². The van der Waals surface area contributed by atoms with Gasteiger partial charge in [0.1, 0.15) is 6.61 Å². The molecule has 0 aliphatic carbocycles. The first kappa shape index (κ1) is 22.1. The van der Waals surface area contributed by atoms with Crippen molar-refractivity contribution in [2.75, 3.05) is 40.3 Å². The first-order valence-corrected chi connectivity index (χ1v) is 12.2. The zero-order valence-electron chi connectivity index (χ0n) is 20.8. The molecule has 5 heterocycles. The number of rotatable bonds is 1. The van der Waals surface area contributed by atoms with E-state index < -0.39 is 0 Å². The van der Waals surface area contributed by atoms with Gasteiger partial charge in [0.05, 0.1) is 40.4 Å². The van der Waals surface area contributed by atoms with Crippen LogP contribution in [0.25, 0.3) is 34.2 Å². The number of hydrogen-bond acceptors (Lipinski definition) is 6. The second-order valence-corrected chi connectivity index (χ2v) is 9.87. The van der Waals surface area contributed by atoms with Gasteiger partial charge in [-0.2, -0.15) is 15.3 Å². The van der Waals surface area contributed by atoms with Crippen LogP contribution < -0.4 is 4.74 Å². The summed E-state index contributed by atoms with van der Waals surface area (Å²) in [6.07, 6.45) is 7.21. The van der Waals surface area contributed by atoms with Crippen LogP contribution in [0.1, 0.15) is 35.1 Å². The van der Waals surface area contributed by atoms with Gasteiger partial charge in [-0.25, -0.2) is 4.68 Å². The third kappa shape index (κ3) is 3.94. The molecule has 1 unspecified atom stereocenters. The highest BCUT2D eigenvalue weighted by atomic mass is 16.5. The predicted molar refractivity (Wildman–Crippen MR) is 137 cm³/mol. The molecule has 0 radical (unpaired) electrons. The number of H-pyrrole nitrogens is 1. The number of aryl methyl sites for hydroxylation is 2. The van der Waals surface area contributed by atoms with E-state index in [1.165, 1.54) is 5.69 Å². The maximum absolute atomic E-state index is 6.47. The van der Waals surface area contributed by atoms with E-state index in [1.54, 1.807) is 0 Å². The van der Waals surface area contributed by atoms with Crippen LogP contribution in [0, 0.1) is 6.92 Å².